The van der Waals surface area contributed by atoms with Crippen molar-refractivity contribution >= 4 is 27.9 Å². The molecular formula is C15H13BrN2O. The molecule has 0 saturated heterocycles. The number of carbonyl (C=O) groups excluding carboxylic acids is 1. The van der Waals surface area contributed by atoms with Crippen LogP contribution in [0.2, 0.25) is 0 Å². The molecule has 19 heavy (non-hydrogen) atoms. The number of halogens is 1. The summed E-state index contributed by atoms with van der Waals surface area (Å²) in [5, 5.41) is 0. The predicted molar refractivity (Wildman–Crippen MR) is 79.5 cm³/mol. The van der Waals surface area contributed by atoms with Gasteiger partial charge in [0.1, 0.15) is 0 Å². The molecule has 1 aromatic heterocycles. The molecule has 0 aliphatic carbocycles. The SMILES string of the molecule is O=C(CC=NCc1cccnc1)c1ccc(Br)cc1. The van der Waals surface area contributed by atoms with E-state index >= 15 is 0 Å². The number of rotatable bonds is 5. The summed E-state index contributed by atoms with van der Waals surface area (Å²) in [7, 11) is 0. The lowest BCUT2D eigenvalue weighted by atomic mass is 10.1. The molecule has 3 nitrogen and oxygen atoms in total. The standard InChI is InChI=1S/C15H13BrN2O/c16-14-5-3-13(4-6-14)15(19)7-9-18-11-12-2-1-8-17-10-12/h1-6,8-10H,7,11H2. The number of pyridine rings is 1. The zero-order valence-electron chi connectivity index (χ0n) is 10.3. The van der Waals surface area contributed by atoms with Gasteiger partial charge in [-0.3, -0.25) is 14.8 Å². The lowest BCUT2D eigenvalue weighted by molar-refractivity contribution is 0.100. The average molecular weight is 317 g/mol. The molecule has 1 aromatic carbocycles. The Morgan fingerprint density at radius 2 is 2.05 bits per heavy atom. The molecule has 0 spiro atoms. The van der Waals surface area contributed by atoms with E-state index in [2.05, 4.69) is 25.9 Å². The van der Waals surface area contributed by atoms with Crippen molar-refractivity contribution in [3.63, 3.8) is 0 Å². The van der Waals surface area contributed by atoms with Gasteiger partial charge in [0.2, 0.25) is 0 Å². The molecule has 0 amide bonds. The number of hydrogen-bond acceptors (Lipinski definition) is 3. The first-order valence-corrected chi connectivity index (χ1v) is 6.71. The second kappa shape index (κ2) is 6.95. The van der Waals surface area contributed by atoms with E-state index in [1.165, 1.54) is 0 Å². The largest absolute Gasteiger partial charge is 0.294 e. The molecule has 2 aromatic rings. The predicted octanol–water partition coefficient (Wildman–Crippen LogP) is 3.69. The maximum absolute atomic E-state index is 11.8. The second-order valence-electron chi connectivity index (χ2n) is 4.02. The van der Waals surface area contributed by atoms with Crippen LogP contribution in [0.3, 0.4) is 0 Å². The molecule has 0 bridgehead atoms. The maximum atomic E-state index is 11.8. The van der Waals surface area contributed by atoms with Crippen LogP contribution in [0.25, 0.3) is 0 Å². The van der Waals surface area contributed by atoms with Crippen LogP contribution in [0.4, 0.5) is 0 Å². The Bertz CT molecular complexity index is 564. The van der Waals surface area contributed by atoms with Gasteiger partial charge in [-0.1, -0.05) is 34.1 Å². The molecule has 0 unspecified atom stereocenters. The summed E-state index contributed by atoms with van der Waals surface area (Å²) < 4.78 is 0.967. The summed E-state index contributed by atoms with van der Waals surface area (Å²) in [5.41, 5.74) is 1.74. The number of ketones is 1. The molecule has 1 heterocycles. The number of nitrogens with zero attached hydrogens (tertiary/aromatic N) is 2. The smallest absolute Gasteiger partial charge is 0.168 e. The van der Waals surface area contributed by atoms with E-state index in [1.807, 2.05) is 24.3 Å². The van der Waals surface area contributed by atoms with E-state index in [1.54, 1.807) is 30.7 Å². The van der Waals surface area contributed by atoms with Gasteiger partial charge in [-0.05, 0) is 23.8 Å². The van der Waals surface area contributed by atoms with Crippen molar-refractivity contribution in [1.82, 2.24) is 4.98 Å². The highest BCUT2D eigenvalue weighted by molar-refractivity contribution is 9.10. The molecule has 0 atom stereocenters. The number of Topliss-reactive ketones (excluding diaryl/α,β-unsaturated/α-hetero) is 1. The van der Waals surface area contributed by atoms with Crippen LogP contribution in [0.1, 0.15) is 22.3 Å². The molecule has 0 fully saturated rings. The Labute approximate surface area is 120 Å². The first kappa shape index (κ1) is 13.6. The molecule has 0 aliphatic heterocycles. The highest BCUT2D eigenvalue weighted by Crippen LogP contribution is 2.11. The van der Waals surface area contributed by atoms with Crippen molar-refractivity contribution in [2.24, 2.45) is 4.99 Å². The summed E-state index contributed by atoms with van der Waals surface area (Å²) in [6.07, 6.45) is 5.48. The van der Waals surface area contributed by atoms with Crippen molar-refractivity contribution < 1.29 is 4.79 Å². The molecule has 0 saturated carbocycles. The fourth-order valence-corrected chi connectivity index (χ4v) is 1.83. The molecule has 0 N–H and O–H groups in total. The van der Waals surface area contributed by atoms with Gasteiger partial charge in [-0.25, -0.2) is 0 Å². The van der Waals surface area contributed by atoms with Crippen LogP contribution in [0.5, 0.6) is 0 Å². The Morgan fingerprint density at radius 1 is 1.26 bits per heavy atom. The fourth-order valence-electron chi connectivity index (χ4n) is 1.56. The lowest BCUT2D eigenvalue weighted by Gasteiger charge is -1.98. The summed E-state index contributed by atoms with van der Waals surface area (Å²) in [4.78, 5) is 20.1. The molecule has 2 rings (SSSR count). The Kier molecular flexibility index (Phi) is 4.98. The maximum Gasteiger partial charge on any atom is 0.168 e. The number of aliphatic imine (C=N–C) groups is 1. The van der Waals surface area contributed by atoms with E-state index in [9.17, 15) is 4.79 Å². The highest BCUT2D eigenvalue weighted by Gasteiger charge is 2.02. The van der Waals surface area contributed by atoms with E-state index in [-0.39, 0.29) is 5.78 Å². The molecule has 0 radical (unpaired) electrons. The average Bonchev–Trinajstić information content (AvgIpc) is 2.45. The third-order valence-corrected chi connectivity index (χ3v) is 3.10. The van der Waals surface area contributed by atoms with Crippen LogP contribution < -0.4 is 0 Å². The number of aromatic nitrogens is 1. The Balaban J connectivity index is 1.85. The Morgan fingerprint density at radius 3 is 2.74 bits per heavy atom. The van der Waals surface area contributed by atoms with Gasteiger partial charge in [0.15, 0.2) is 5.78 Å². The van der Waals surface area contributed by atoms with Crippen LogP contribution >= 0.6 is 15.9 Å². The van der Waals surface area contributed by atoms with Crippen molar-refractivity contribution in [2.45, 2.75) is 13.0 Å². The number of benzene rings is 1. The third-order valence-electron chi connectivity index (χ3n) is 2.57. The van der Waals surface area contributed by atoms with Crippen molar-refractivity contribution in [1.29, 1.82) is 0 Å². The van der Waals surface area contributed by atoms with Gasteiger partial charge in [0.05, 0.1) is 6.54 Å². The van der Waals surface area contributed by atoms with Crippen molar-refractivity contribution in [3.05, 3.63) is 64.4 Å². The molecular weight excluding hydrogens is 304 g/mol. The summed E-state index contributed by atoms with van der Waals surface area (Å²) in [6, 6.07) is 11.2. The summed E-state index contributed by atoms with van der Waals surface area (Å²) in [6.45, 7) is 0.557. The van der Waals surface area contributed by atoms with E-state index in [4.69, 9.17) is 0 Å². The van der Waals surface area contributed by atoms with Crippen molar-refractivity contribution in [3.8, 4) is 0 Å². The summed E-state index contributed by atoms with van der Waals surface area (Å²) >= 11 is 3.34. The van der Waals surface area contributed by atoms with Gasteiger partial charge in [0.25, 0.3) is 0 Å². The zero-order chi connectivity index (χ0) is 13.5. The first-order valence-electron chi connectivity index (χ1n) is 5.91. The summed E-state index contributed by atoms with van der Waals surface area (Å²) in [5.74, 6) is 0.0717. The second-order valence-corrected chi connectivity index (χ2v) is 4.93. The van der Waals surface area contributed by atoms with Crippen LogP contribution in [-0.2, 0) is 6.54 Å². The minimum atomic E-state index is 0.0717. The quantitative estimate of drug-likeness (QED) is 0.623. The normalized spacial score (nSPS) is 10.8. The van der Waals surface area contributed by atoms with E-state index in [0.717, 1.165) is 10.0 Å². The van der Waals surface area contributed by atoms with Crippen LogP contribution in [0.15, 0.2) is 58.3 Å². The van der Waals surface area contributed by atoms with Gasteiger partial charge >= 0.3 is 0 Å². The highest BCUT2D eigenvalue weighted by atomic mass is 79.9. The fraction of sp³-hybridized carbons (Fsp3) is 0.133. The van der Waals surface area contributed by atoms with E-state index < -0.39 is 0 Å². The Hall–Kier alpha value is -1.81. The van der Waals surface area contributed by atoms with Gasteiger partial charge in [-0.2, -0.15) is 0 Å². The van der Waals surface area contributed by atoms with Crippen LogP contribution in [-0.4, -0.2) is 17.0 Å². The first-order chi connectivity index (χ1) is 9.25. The lowest BCUT2D eigenvalue weighted by Crippen LogP contribution is -1.99. The number of carbonyl (C=O) groups is 1. The molecule has 4 heteroatoms. The monoisotopic (exact) mass is 316 g/mol. The van der Waals surface area contributed by atoms with Gasteiger partial charge < -0.3 is 0 Å². The number of hydrogen-bond donors (Lipinski definition) is 0. The molecule has 96 valence electrons. The van der Waals surface area contributed by atoms with Gasteiger partial charge in [0, 0.05) is 35.1 Å². The molecule has 0 aliphatic rings. The minimum absolute atomic E-state index is 0.0717. The topological polar surface area (TPSA) is 42.3 Å². The van der Waals surface area contributed by atoms with Crippen LogP contribution in [0, 0.1) is 0 Å². The van der Waals surface area contributed by atoms with Gasteiger partial charge in [-0.15, -0.1) is 0 Å². The zero-order valence-corrected chi connectivity index (χ0v) is 11.9. The third kappa shape index (κ3) is 4.41. The minimum Gasteiger partial charge on any atom is -0.294 e. The van der Waals surface area contributed by atoms with E-state index in [0.29, 0.717) is 18.5 Å². The van der Waals surface area contributed by atoms with Crippen molar-refractivity contribution in [2.75, 3.05) is 0 Å².